The molecule has 0 unspecified atom stereocenters. The first-order chi connectivity index (χ1) is 15.8. The molecule has 33 heavy (non-hydrogen) atoms. The summed E-state index contributed by atoms with van der Waals surface area (Å²) in [4.78, 5) is 17.6. The number of benzene rings is 1. The minimum absolute atomic E-state index is 0.0105. The number of nitriles is 1. The first kappa shape index (κ1) is 25.0. The predicted molar refractivity (Wildman–Crippen MR) is 137 cm³/mol. The quantitative estimate of drug-likeness (QED) is 0.539. The Morgan fingerprint density at radius 2 is 1.82 bits per heavy atom. The molecule has 178 valence electrons. The third kappa shape index (κ3) is 6.46. The summed E-state index contributed by atoms with van der Waals surface area (Å²) < 4.78 is 4.56. The van der Waals surface area contributed by atoms with E-state index in [-0.39, 0.29) is 12.5 Å². The fraction of sp³-hybridized carbons (Fsp3) is 0.560. The van der Waals surface area contributed by atoms with E-state index < -0.39 is 6.04 Å². The van der Waals surface area contributed by atoms with Crippen molar-refractivity contribution >= 4 is 28.1 Å². The lowest BCUT2D eigenvalue weighted by atomic mass is 10.0. The molecular weight excluding hydrogens is 432 g/mol. The molecule has 1 atom stereocenters. The fourth-order valence-corrected chi connectivity index (χ4v) is 5.13. The fourth-order valence-electron chi connectivity index (χ4n) is 4.25. The van der Waals surface area contributed by atoms with Gasteiger partial charge < -0.3 is 15.5 Å². The van der Waals surface area contributed by atoms with Gasteiger partial charge in [0, 0.05) is 43.5 Å². The Hall–Kier alpha value is -2.63. The molecule has 8 heteroatoms. The Bertz CT molecular complexity index is 954. The molecule has 1 saturated heterocycles. The molecule has 0 saturated carbocycles. The van der Waals surface area contributed by atoms with Gasteiger partial charge in [-0.25, -0.2) is 0 Å². The second-order valence-corrected chi connectivity index (χ2v) is 10.1. The molecule has 1 aliphatic rings. The molecule has 1 aromatic carbocycles. The van der Waals surface area contributed by atoms with Gasteiger partial charge in [0.2, 0.25) is 5.91 Å². The van der Waals surface area contributed by atoms with Crippen LogP contribution in [0, 0.1) is 24.2 Å². The maximum Gasteiger partial charge on any atom is 0.243 e. The average molecular weight is 469 g/mol. The summed E-state index contributed by atoms with van der Waals surface area (Å²) in [6, 6.07) is 10.8. The van der Waals surface area contributed by atoms with Crippen LogP contribution in [0.3, 0.4) is 0 Å². The van der Waals surface area contributed by atoms with Gasteiger partial charge in [-0.05, 0) is 62.3 Å². The molecule has 2 heterocycles. The van der Waals surface area contributed by atoms with Gasteiger partial charge in [0.25, 0.3) is 0 Å². The van der Waals surface area contributed by atoms with Crippen molar-refractivity contribution < 1.29 is 4.79 Å². The van der Waals surface area contributed by atoms with E-state index in [1.165, 1.54) is 17.2 Å². The summed E-state index contributed by atoms with van der Waals surface area (Å²) in [5, 5.41) is 15.8. The van der Waals surface area contributed by atoms with Crippen molar-refractivity contribution in [3.05, 3.63) is 30.0 Å². The summed E-state index contributed by atoms with van der Waals surface area (Å²) in [6.07, 6.45) is 0.676. The Morgan fingerprint density at radius 3 is 2.39 bits per heavy atom. The van der Waals surface area contributed by atoms with Crippen LogP contribution in [0.2, 0.25) is 0 Å². The summed E-state index contributed by atoms with van der Waals surface area (Å²) in [5.41, 5.74) is 4.32. The first-order valence-electron chi connectivity index (χ1n) is 11.8. The SMILES string of the molecule is Cc1nsc(N[C@@H](CC(C)C)C(=O)NCC#N)c1-c1ccc(N2CCN(C(C)C)CC2)cc1. The number of carbonyl (C=O) groups is 1. The molecule has 0 spiro atoms. The van der Waals surface area contributed by atoms with Crippen LogP contribution < -0.4 is 15.5 Å². The third-order valence-corrected chi connectivity index (χ3v) is 6.97. The lowest BCUT2D eigenvalue weighted by Crippen LogP contribution is -2.48. The number of aryl methyl sites for hydroxylation is 1. The van der Waals surface area contributed by atoms with Crippen molar-refractivity contribution in [1.29, 1.82) is 5.26 Å². The summed E-state index contributed by atoms with van der Waals surface area (Å²) in [6.45, 7) is 15.0. The number of amides is 1. The normalized spacial score (nSPS) is 15.5. The molecule has 1 amide bonds. The van der Waals surface area contributed by atoms with Gasteiger partial charge in [0.15, 0.2) is 0 Å². The predicted octanol–water partition coefficient (Wildman–Crippen LogP) is 4.12. The molecule has 2 N–H and O–H groups in total. The number of anilines is 2. The summed E-state index contributed by atoms with van der Waals surface area (Å²) in [5.74, 6) is 0.182. The highest BCUT2D eigenvalue weighted by atomic mass is 32.1. The third-order valence-electron chi connectivity index (χ3n) is 6.10. The standard InChI is InChI=1S/C25H36N6OS/c1-17(2)16-22(24(32)27-11-10-26)28-25-23(19(5)29-33-25)20-6-8-21(9-7-20)31-14-12-30(13-15-31)18(3)4/h6-9,17-18,22,28H,11-16H2,1-5H3,(H,27,32)/t22-/m0/s1. The summed E-state index contributed by atoms with van der Waals surface area (Å²) >= 11 is 1.38. The highest BCUT2D eigenvalue weighted by molar-refractivity contribution is 7.11. The van der Waals surface area contributed by atoms with E-state index in [9.17, 15) is 4.79 Å². The van der Waals surface area contributed by atoms with Gasteiger partial charge in [-0.15, -0.1) is 0 Å². The molecule has 0 radical (unpaired) electrons. The lowest BCUT2D eigenvalue weighted by Gasteiger charge is -2.38. The maximum absolute atomic E-state index is 12.6. The van der Waals surface area contributed by atoms with Crippen molar-refractivity contribution in [2.24, 2.45) is 5.92 Å². The zero-order chi connectivity index (χ0) is 24.0. The van der Waals surface area contributed by atoms with Gasteiger partial charge in [0.05, 0.1) is 11.8 Å². The van der Waals surface area contributed by atoms with Crippen LogP contribution in [-0.2, 0) is 4.79 Å². The van der Waals surface area contributed by atoms with Crippen molar-refractivity contribution in [1.82, 2.24) is 14.6 Å². The van der Waals surface area contributed by atoms with E-state index in [1.807, 2.05) is 13.0 Å². The van der Waals surface area contributed by atoms with Gasteiger partial charge >= 0.3 is 0 Å². The number of nitrogens with one attached hydrogen (secondary N) is 2. The van der Waals surface area contributed by atoms with Crippen LogP contribution >= 0.6 is 11.5 Å². The minimum Gasteiger partial charge on any atom is -0.369 e. The largest absolute Gasteiger partial charge is 0.369 e. The van der Waals surface area contributed by atoms with Crippen molar-refractivity contribution in [2.45, 2.75) is 53.1 Å². The van der Waals surface area contributed by atoms with Crippen molar-refractivity contribution in [2.75, 3.05) is 42.9 Å². The molecule has 1 fully saturated rings. The topological polar surface area (TPSA) is 84.3 Å². The maximum atomic E-state index is 12.6. The smallest absolute Gasteiger partial charge is 0.243 e. The molecule has 1 aliphatic heterocycles. The van der Waals surface area contributed by atoms with E-state index in [0.717, 1.165) is 48.0 Å². The average Bonchev–Trinajstić information content (AvgIpc) is 3.16. The molecular formula is C25H36N6OS. The Kier molecular flexibility index (Phi) is 8.70. The Balaban J connectivity index is 1.76. The Morgan fingerprint density at radius 1 is 1.15 bits per heavy atom. The van der Waals surface area contributed by atoms with Crippen molar-refractivity contribution in [3.63, 3.8) is 0 Å². The van der Waals surface area contributed by atoms with Crippen molar-refractivity contribution in [3.8, 4) is 17.2 Å². The van der Waals surface area contributed by atoms with E-state index >= 15 is 0 Å². The van der Waals surface area contributed by atoms with Crippen LogP contribution in [0.25, 0.3) is 11.1 Å². The highest BCUT2D eigenvalue weighted by Crippen LogP contribution is 2.36. The highest BCUT2D eigenvalue weighted by Gasteiger charge is 2.24. The Labute approximate surface area is 201 Å². The molecule has 7 nitrogen and oxygen atoms in total. The lowest BCUT2D eigenvalue weighted by molar-refractivity contribution is -0.121. The number of hydrogen-bond acceptors (Lipinski definition) is 7. The zero-order valence-electron chi connectivity index (χ0n) is 20.4. The van der Waals surface area contributed by atoms with E-state index in [2.05, 4.69) is 76.8 Å². The molecule has 1 aromatic heterocycles. The second-order valence-electron chi connectivity index (χ2n) is 9.34. The van der Waals surface area contributed by atoms with Crippen LogP contribution in [-0.4, -0.2) is 60.0 Å². The van der Waals surface area contributed by atoms with E-state index in [4.69, 9.17) is 5.26 Å². The number of piperazine rings is 1. The minimum atomic E-state index is -0.409. The number of rotatable bonds is 9. The van der Waals surface area contributed by atoms with Crippen LogP contribution in [0.1, 0.15) is 39.8 Å². The van der Waals surface area contributed by atoms with Gasteiger partial charge in [-0.3, -0.25) is 9.69 Å². The van der Waals surface area contributed by atoms with Gasteiger partial charge in [-0.2, -0.15) is 9.64 Å². The van der Waals surface area contributed by atoms with Crippen LogP contribution in [0.4, 0.5) is 10.7 Å². The number of hydrogen-bond donors (Lipinski definition) is 2. The van der Waals surface area contributed by atoms with Crippen LogP contribution in [0.5, 0.6) is 0 Å². The number of nitrogens with zero attached hydrogens (tertiary/aromatic N) is 4. The number of aromatic nitrogens is 1. The second kappa shape index (κ2) is 11.5. The monoisotopic (exact) mass is 468 g/mol. The number of carbonyl (C=O) groups excluding carboxylic acids is 1. The molecule has 3 rings (SSSR count). The molecule has 0 bridgehead atoms. The van der Waals surface area contributed by atoms with Gasteiger partial charge in [0.1, 0.15) is 17.6 Å². The summed E-state index contributed by atoms with van der Waals surface area (Å²) in [7, 11) is 0. The van der Waals surface area contributed by atoms with Crippen LogP contribution in [0.15, 0.2) is 24.3 Å². The first-order valence-corrected chi connectivity index (χ1v) is 12.5. The van der Waals surface area contributed by atoms with E-state index in [1.54, 1.807) is 0 Å². The van der Waals surface area contributed by atoms with E-state index in [0.29, 0.717) is 18.4 Å². The molecule has 2 aromatic rings. The molecule has 0 aliphatic carbocycles. The zero-order valence-corrected chi connectivity index (χ0v) is 21.2. The van der Waals surface area contributed by atoms with Gasteiger partial charge in [-0.1, -0.05) is 26.0 Å².